The Morgan fingerprint density at radius 1 is 1.04 bits per heavy atom. The van der Waals surface area contributed by atoms with E-state index in [0.29, 0.717) is 18.1 Å². The lowest BCUT2D eigenvalue weighted by atomic mass is 10.1. The molecule has 0 aliphatic rings. The summed E-state index contributed by atoms with van der Waals surface area (Å²) < 4.78 is 0. The highest BCUT2D eigenvalue weighted by atomic mass is 35.5. The first-order valence-corrected chi connectivity index (χ1v) is 8.68. The zero-order valence-electron chi connectivity index (χ0n) is 14.5. The van der Waals surface area contributed by atoms with Crippen molar-refractivity contribution in [2.24, 2.45) is 0 Å². The van der Waals surface area contributed by atoms with Crippen molar-refractivity contribution in [1.29, 1.82) is 0 Å². The van der Waals surface area contributed by atoms with Gasteiger partial charge in [0, 0.05) is 25.0 Å². The quantitative estimate of drug-likeness (QED) is 0.824. The summed E-state index contributed by atoms with van der Waals surface area (Å²) in [5.41, 5.74) is 2.10. The molecular formula is C20H23ClN2O2. The Morgan fingerprint density at radius 3 is 2.28 bits per heavy atom. The van der Waals surface area contributed by atoms with Gasteiger partial charge < -0.3 is 10.2 Å². The van der Waals surface area contributed by atoms with Crippen LogP contribution in [0.25, 0.3) is 0 Å². The standard InChI is InChI=1S/C20H23ClN2O2/c1-15(20(25)22-13-12-17-6-4-3-5-7-17)23(16(2)24)14-18-8-10-19(21)11-9-18/h3-11,15H,12-14H2,1-2H3,(H,22,25)/t15-/m0/s1. The highest BCUT2D eigenvalue weighted by molar-refractivity contribution is 6.30. The van der Waals surface area contributed by atoms with Crippen molar-refractivity contribution in [3.05, 3.63) is 70.7 Å². The molecule has 0 aliphatic heterocycles. The van der Waals surface area contributed by atoms with Crippen LogP contribution in [0.4, 0.5) is 0 Å². The number of nitrogens with zero attached hydrogens (tertiary/aromatic N) is 1. The van der Waals surface area contributed by atoms with E-state index in [1.165, 1.54) is 12.5 Å². The summed E-state index contributed by atoms with van der Waals surface area (Å²) in [5.74, 6) is -0.291. The van der Waals surface area contributed by atoms with Crippen LogP contribution in [0.5, 0.6) is 0 Å². The molecule has 0 fully saturated rings. The normalized spacial score (nSPS) is 11.6. The molecule has 25 heavy (non-hydrogen) atoms. The van der Waals surface area contributed by atoms with Crippen LogP contribution in [-0.4, -0.2) is 29.3 Å². The number of carbonyl (C=O) groups is 2. The molecule has 132 valence electrons. The van der Waals surface area contributed by atoms with Gasteiger partial charge in [-0.15, -0.1) is 0 Å². The number of halogens is 1. The van der Waals surface area contributed by atoms with E-state index in [2.05, 4.69) is 5.32 Å². The van der Waals surface area contributed by atoms with Crippen molar-refractivity contribution < 1.29 is 9.59 Å². The number of amides is 2. The zero-order valence-corrected chi connectivity index (χ0v) is 15.3. The average Bonchev–Trinajstić information content (AvgIpc) is 2.61. The number of nitrogens with one attached hydrogen (secondary N) is 1. The smallest absolute Gasteiger partial charge is 0.242 e. The minimum Gasteiger partial charge on any atom is -0.354 e. The third-order valence-corrected chi connectivity index (χ3v) is 4.33. The Bertz CT molecular complexity index is 701. The van der Waals surface area contributed by atoms with Crippen LogP contribution in [-0.2, 0) is 22.6 Å². The van der Waals surface area contributed by atoms with Gasteiger partial charge in [-0.3, -0.25) is 9.59 Å². The monoisotopic (exact) mass is 358 g/mol. The summed E-state index contributed by atoms with van der Waals surface area (Å²) in [4.78, 5) is 25.9. The van der Waals surface area contributed by atoms with Gasteiger partial charge in [0.1, 0.15) is 6.04 Å². The van der Waals surface area contributed by atoms with E-state index in [4.69, 9.17) is 11.6 Å². The van der Waals surface area contributed by atoms with Crippen LogP contribution in [0.15, 0.2) is 54.6 Å². The Morgan fingerprint density at radius 2 is 1.68 bits per heavy atom. The van der Waals surface area contributed by atoms with Crippen molar-refractivity contribution in [2.75, 3.05) is 6.54 Å². The minimum atomic E-state index is -0.538. The van der Waals surface area contributed by atoms with Gasteiger partial charge in [0.15, 0.2) is 0 Å². The van der Waals surface area contributed by atoms with Crippen LogP contribution in [0.1, 0.15) is 25.0 Å². The van der Waals surface area contributed by atoms with Gasteiger partial charge in [0.25, 0.3) is 0 Å². The molecule has 0 bridgehead atoms. The number of hydrogen-bond donors (Lipinski definition) is 1. The second-order valence-electron chi connectivity index (χ2n) is 5.98. The van der Waals surface area contributed by atoms with Crippen molar-refractivity contribution >= 4 is 23.4 Å². The van der Waals surface area contributed by atoms with Crippen LogP contribution in [0.2, 0.25) is 5.02 Å². The minimum absolute atomic E-state index is 0.138. The topological polar surface area (TPSA) is 49.4 Å². The fourth-order valence-electron chi connectivity index (χ4n) is 2.57. The molecule has 0 aliphatic carbocycles. The highest BCUT2D eigenvalue weighted by Crippen LogP contribution is 2.13. The lowest BCUT2D eigenvalue weighted by molar-refractivity contribution is -0.138. The van der Waals surface area contributed by atoms with Gasteiger partial charge in [0.05, 0.1) is 0 Å². The third kappa shape index (κ3) is 5.91. The van der Waals surface area contributed by atoms with Gasteiger partial charge >= 0.3 is 0 Å². The second kappa shape index (κ2) is 9.23. The van der Waals surface area contributed by atoms with Crippen LogP contribution >= 0.6 is 11.6 Å². The van der Waals surface area contributed by atoms with Gasteiger partial charge in [-0.2, -0.15) is 0 Å². The van der Waals surface area contributed by atoms with E-state index in [9.17, 15) is 9.59 Å². The Labute approximate surface area is 153 Å². The van der Waals surface area contributed by atoms with Gasteiger partial charge in [0.2, 0.25) is 11.8 Å². The zero-order chi connectivity index (χ0) is 18.2. The highest BCUT2D eigenvalue weighted by Gasteiger charge is 2.23. The first-order valence-electron chi connectivity index (χ1n) is 8.30. The van der Waals surface area contributed by atoms with Gasteiger partial charge in [-0.05, 0) is 36.6 Å². The molecule has 0 saturated heterocycles. The predicted octanol–water partition coefficient (Wildman–Crippen LogP) is 3.44. The van der Waals surface area contributed by atoms with Crippen LogP contribution in [0, 0.1) is 0 Å². The first-order chi connectivity index (χ1) is 12.0. The summed E-state index contributed by atoms with van der Waals surface area (Å²) in [7, 11) is 0. The lowest BCUT2D eigenvalue weighted by Gasteiger charge is -2.27. The van der Waals surface area contributed by atoms with Gasteiger partial charge in [-0.25, -0.2) is 0 Å². The molecule has 0 unspecified atom stereocenters. The van der Waals surface area contributed by atoms with E-state index in [1.54, 1.807) is 24.0 Å². The average molecular weight is 359 g/mol. The lowest BCUT2D eigenvalue weighted by Crippen LogP contribution is -2.47. The molecule has 2 amide bonds. The second-order valence-corrected chi connectivity index (χ2v) is 6.41. The summed E-state index contributed by atoms with van der Waals surface area (Å²) in [5, 5.41) is 3.55. The number of benzene rings is 2. The van der Waals surface area contributed by atoms with Crippen LogP contribution < -0.4 is 5.32 Å². The van der Waals surface area contributed by atoms with Crippen molar-refractivity contribution in [3.63, 3.8) is 0 Å². The molecule has 2 rings (SSSR count). The van der Waals surface area contributed by atoms with Gasteiger partial charge in [-0.1, -0.05) is 54.1 Å². The van der Waals surface area contributed by atoms with Crippen LogP contribution in [0.3, 0.4) is 0 Å². The molecule has 5 heteroatoms. The maximum absolute atomic E-state index is 12.4. The molecule has 2 aromatic rings. The molecule has 1 N–H and O–H groups in total. The Kier molecular flexibility index (Phi) is 7.02. The molecule has 0 aromatic heterocycles. The Balaban J connectivity index is 1.91. The van der Waals surface area contributed by atoms with E-state index in [1.807, 2.05) is 42.5 Å². The predicted molar refractivity (Wildman–Crippen MR) is 100 cm³/mol. The molecule has 2 aromatic carbocycles. The summed E-state index contributed by atoms with van der Waals surface area (Å²) >= 11 is 5.89. The number of carbonyl (C=O) groups excluding carboxylic acids is 2. The molecular weight excluding hydrogens is 336 g/mol. The summed E-state index contributed by atoms with van der Waals surface area (Å²) in [6, 6.07) is 16.7. The SMILES string of the molecule is CC(=O)N(Cc1ccc(Cl)cc1)[C@@H](C)C(=O)NCCc1ccccc1. The van der Waals surface area contributed by atoms with E-state index in [0.717, 1.165) is 12.0 Å². The molecule has 0 saturated carbocycles. The maximum Gasteiger partial charge on any atom is 0.242 e. The van der Waals surface area contributed by atoms with E-state index >= 15 is 0 Å². The van der Waals surface area contributed by atoms with Crippen molar-refractivity contribution in [3.8, 4) is 0 Å². The molecule has 1 atom stereocenters. The van der Waals surface area contributed by atoms with Crippen molar-refractivity contribution in [2.45, 2.75) is 32.9 Å². The molecule has 0 radical (unpaired) electrons. The number of rotatable bonds is 7. The maximum atomic E-state index is 12.4. The first kappa shape index (κ1) is 19.0. The van der Waals surface area contributed by atoms with Crippen molar-refractivity contribution in [1.82, 2.24) is 10.2 Å². The summed E-state index contributed by atoms with van der Waals surface area (Å²) in [6.45, 7) is 4.14. The largest absolute Gasteiger partial charge is 0.354 e. The number of hydrogen-bond acceptors (Lipinski definition) is 2. The summed E-state index contributed by atoms with van der Waals surface area (Å²) in [6.07, 6.45) is 0.760. The van der Waals surface area contributed by atoms with E-state index in [-0.39, 0.29) is 11.8 Å². The molecule has 4 nitrogen and oxygen atoms in total. The molecule has 0 heterocycles. The molecule has 0 spiro atoms. The Hall–Kier alpha value is -2.33. The van der Waals surface area contributed by atoms with E-state index < -0.39 is 6.04 Å². The fourth-order valence-corrected chi connectivity index (χ4v) is 2.70. The fraction of sp³-hybridized carbons (Fsp3) is 0.300. The third-order valence-electron chi connectivity index (χ3n) is 4.07.